The molecule has 0 bridgehead atoms. The van der Waals surface area contributed by atoms with Crippen molar-refractivity contribution in [2.45, 2.75) is 0 Å². The summed E-state index contributed by atoms with van der Waals surface area (Å²) in [6.45, 7) is 0. The predicted octanol–water partition coefficient (Wildman–Crippen LogP) is 0.927. The van der Waals surface area contributed by atoms with Crippen LogP contribution in [0.5, 0.6) is 0 Å². The molecule has 0 aliphatic heterocycles. The third-order valence-electron chi connectivity index (χ3n) is 0.315. The van der Waals surface area contributed by atoms with E-state index in [-0.39, 0.29) is 6.07 Å². The number of ether oxygens (including phenoxy) is 2. The summed E-state index contributed by atoms with van der Waals surface area (Å²) in [6.07, 6.45) is 5.21. The summed E-state index contributed by atoms with van der Waals surface area (Å²) in [7, 11) is 0. The molecule has 0 unspecified atom stereocenters. The van der Waals surface area contributed by atoms with Crippen LogP contribution in [0.2, 0.25) is 0 Å². The monoisotopic (exact) mass is 134 g/mol. The third kappa shape index (κ3) is 3.32. The summed E-state index contributed by atoms with van der Waals surface area (Å²) in [4.78, 5) is 9.97. The van der Waals surface area contributed by atoms with E-state index in [1.54, 1.807) is 6.11 Å². The fourth-order valence-electron chi connectivity index (χ4n) is 0.122. The zero-order valence-corrected chi connectivity index (χ0v) is 4.64. The normalized spacial score (nSPS) is 7.00. The molecule has 0 aromatic rings. The minimum atomic E-state index is -0.956. The lowest BCUT2D eigenvalue weighted by Crippen LogP contribution is -2.00. The zero-order chi connectivity index (χ0) is 6.41. The molecule has 0 aromatic carbocycles. The van der Waals surface area contributed by atoms with E-state index in [1.165, 1.54) is 0 Å². The van der Waals surface area contributed by atoms with Crippen molar-refractivity contribution in [2.24, 2.45) is 0 Å². The molecule has 0 saturated heterocycles. The summed E-state index contributed by atoms with van der Waals surface area (Å²) >= 11 is 4.94. The van der Waals surface area contributed by atoms with E-state index < -0.39 is 6.16 Å². The molecule has 0 aromatic heterocycles. The second-order valence-corrected chi connectivity index (χ2v) is 0.942. The lowest BCUT2D eigenvalue weighted by Gasteiger charge is -1.91. The molecule has 0 atom stereocenters. The molecule has 4 heteroatoms. The average molecular weight is 135 g/mol. The molecule has 0 fully saturated rings. The molecule has 0 radical (unpaired) electrons. The van der Waals surface area contributed by atoms with Gasteiger partial charge in [-0.05, 0) is 0 Å². The highest BCUT2D eigenvalue weighted by Gasteiger charge is 1.96. The predicted molar refractivity (Wildman–Crippen MR) is 27.1 cm³/mol. The fraction of sp³-hybridized carbons (Fsp3) is 0.250. The van der Waals surface area contributed by atoms with Crippen molar-refractivity contribution in [2.75, 3.05) is 6.07 Å². The SMILES string of the molecule is C#COC(=O)OCCl. The minimum Gasteiger partial charge on any atom is -0.417 e. The summed E-state index contributed by atoms with van der Waals surface area (Å²) in [5, 5.41) is 0. The van der Waals surface area contributed by atoms with Gasteiger partial charge in [-0.2, -0.15) is 0 Å². The first-order valence-corrected chi connectivity index (χ1v) is 2.20. The maximum atomic E-state index is 9.97. The fourth-order valence-corrected chi connectivity index (χ4v) is 0.211. The van der Waals surface area contributed by atoms with Crippen LogP contribution in [-0.4, -0.2) is 12.2 Å². The van der Waals surface area contributed by atoms with Gasteiger partial charge in [0, 0.05) is 0 Å². The Morgan fingerprint density at radius 1 is 1.88 bits per heavy atom. The number of rotatable bonds is 1. The van der Waals surface area contributed by atoms with Crippen molar-refractivity contribution in [3.63, 3.8) is 0 Å². The van der Waals surface area contributed by atoms with Gasteiger partial charge in [0.15, 0.2) is 6.07 Å². The molecule has 44 valence electrons. The zero-order valence-electron chi connectivity index (χ0n) is 3.89. The van der Waals surface area contributed by atoms with E-state index in [9.17, 15) is 4.79 Å². The first-order valence-electron chi connectivity index (χ1n) is 1.66. The van der Waals surface area contributed by atoms with Crippen molar-refractivity contribution in [1.82, 2.24) is 0 Å². The lowest BCUT2D eigenvalue weighted by atomic mass is 11.2. The number of hydrogen-bond acceptors (Lipinski definition) is 3. The van der Waals surface area contributed by atoms with E-state index in [1.807, 2.05) is 0 Å². The van der Waals surface area contributed by atoms with Gasteiger partial charge < -0.3 is 9.47 Å². The van der Waals surface area contributed by atoms with Gasteiger partial charge in [-0.1, -0.05) is 18.0 Å². The van der Waals surface area contributed by atoms with Crippen LogP contribution in [-0.2, 0) is 9.47 Å². The van der Waals surface area contributed by atoms with E-state index >= 15 is 0 Å². The molecule has 3 nitrogen and oxygen atoms in total. The molecule has 0 amide bonds. The van der Waals surface area contributed by atoms with E-state index in [0.717, 1.165) is 0 Å². The molecule has 8 heavy (non-hydrogen) atoms. The van der Waals surface area contributed by atoms with Crippen LogP contribution in [0.4, 0.5) is 4.79 Å². The Bertz CT molecular complexity index is 115. The summed E-state index contributed by atoms with van der Waals surface area (Å²) in [5.41, 5.74) is 0. The van der Waals surface area contributed by atoms with Gasteiger partial charge in [-0.15, -0.1) is 0 Å². The molecular weight excluding hydrogens is 131 g/mol. The Morgan fingerprint density at radius 3 is 2.88 bits per heavy atom. The minimum absolute atomic E-state index is 0.249. The number of carbonyl (C=O) groups is 1. The molecule has 0 N–H and O–H groups in total. The second kappa shape index (κ2) is 4.28. The van der Waals surface area contributed by atoms with E-state index in [0.29, 0.717) is 0 Å². The number of terminal acetylenes is 1. The number of alkyl halides is 1. The Morgan fingerprint density at radius 2 is 2.50 bits per heavy atom. The Labute approximate surface area is 51.5 Å². The molecule has 0 rings (SSSR count). The molecule has 0 aliphatic carbocycles. The molecule has 0 spiro atoms. The number of hydrogen-bond donors (Lipinski definition) is 0. The number of carbonyl (C=O) groups excluding carboxylic acids is 1. The Hall–Kier alpha value is -0.880. The number of halogens is 1. The van der Waals surface area contributed by atoms with Gasteiger partial charge in [0.25, 0.3) is 0 Å². The molecule has 0 saturated carbocycles. The van der Waals surface area contributed by atoms with E-state index in [4.69, 9.17) is 11.6 Å². The quantitative estimate of drug-likeness (QED) is 0.304. The molecular formula is C4H3ClO3. The lowest BCUT2D eigenvalue weighted by molar-refractivity contribution is 0.106. The van der Waals surface area contributed by atoms with Crippen LogP contribution < -0.4 is 0 Å². The van der Waals surface area contributed by atoms with Crippen molar-refractivity contribution in [3.05, 3.63) is 0 Å². The van der Waals surface area contributed by atoms with Crippen molar-refractivity contribution < 1.29 is 14.3 Å². The van der Waals surface area contributed by atoms with Crippen molar-refractivity contribution in [1.29, 1.82) is 0 Å². The van der Waals surface area contributed by atoms with Gasteiger partial charge in [0.2, 0.25) is 0 Å². The highest BCUT2D eigenvalue weighted by Crippen LogP contribution is 1.84. The average Bonchev–Trinajstić information content (AvgIpc) is 1.68. The largest absolute Gasteiger partial charge is 0.523 e. The summed E-state index contributed by atoms with van der Waals surface area (Å²) in [6, 6.07) is -0.249. The Balaban J connectivity index is 3.23. The van der Waals surface area contributed by atoms with Crippen molar-refractivity contribution in [3.8, 4) is 12.5 Å². The first kappa shape index (κ1) is 7.12. The van der Waals surface area contributed by atoms with Crippen LogP contribution >= 0.6 is 11.6 Å². The van der Waals surface area contributed by atoms with E-state index in [2.05, 4.69) is 15.9 Å². The van der Waals surface area contributed by atoms with Crippen molar-refractivity contribution >= 4 is 17.8 Å². The highest BCUT2D eigenvalue weighted by molar-refractivity contribution is 6.17. The van der Waals surface area contributed by atoms with Gasteiger partial charge >= 0.3 is 6.16 Å². The maximum absolute atomic E-state index is 9.97. The van der Waals surface area contributed by atoms with Crippen LogP contribution in [0.15, 0.2) is 0 Å². The summed E-state index contributed by atoms with van der Waals surface area (Å²) < 4.78 is 7.91. The second-order valence-electron chi connectivity index (χ2n) is 0.723. The van der Waals surface area contributed by atoms with Crippen LogP contribution in [0.3, 0.4) is 0 Å². The van der Waals surface area contributed by atoms with Crippen LogP contribution in [0.1, 0.15) is 0 Å². The third-order valence-corrected chi connectivity index (χ3v) is 0.424. The smallest absolute Gasteiger partial charge is 0.417 e. The maximum Gasteiger partial charge on any atom is 0.523 e. The summed E-state index contributed by atoms with van der Waals surface area (Å²) in [5.74, 6) is 0. The molecule has 0 aliphatic rings. The van der Waals surface area contributed by atoms with Gasteiger partial charge in [0.05, 0.1) is 0 Å². The van der Waals surface area contributed by atoms with Crippen LogP contribution in [0.25, 0.3) is 0 Å². The highest BCUT2D eigenvalue weighted by atomic mass is 35.5. The first-order chi connectivity index (χ1) is 3.81. The standard InChI is InChI=1S/C4H3ClO3/c1-2-7-4(6)8-3-5/h1H,3H2. The topological polar surface area (TPSA) is 35.5 Å². The van der Waals surface area contributed by atoms with Gasteiger partial charge in [0.1, 0.15) is 6.11 Å². The van der Waals surface area contributed by atoms with Gasteiger partial charge in [-0.3, -0.25) is 0 Å². The van der Waals surface area contributed by atoms with Crippen LogP contribution in [0, 0.1) is 12.5 Å². The Kier molecular flexibility index (Phi) is 3.81. The van der Waals surface area contributed by atoms with Gasteiger partial charge in [-0.25, -0.2) is 4.79 Å². The molecule has 0 heterocycles.